The molecule has 5 nitrogen and oxygen atoms in total. The molecule has 0 bridgehead atoms. The highest BCUT2D eigenvalue weighted by atomic mass is 32.1. The van der Waals surface area contributed by atoms with E-state index in [1.807, 2.05) is 23.6 Å². The number of amides is 2. The normalized spacial score (nSPS) is 10.2. The van der Waals surface area contributed by atoms with Crippen LogP contribution < -0.4 is 10.6 Å². The molecule has 0 aliphatic carbocycles. The van der Waals surface area contributed by atoms with E-state index in [1.54, 1.807) is 42.7 Å². The molecule has 0 saturated carbocycles. The van der Waals surface area contributed by atoms with Crippen molar-refractivity contribution in [1.82, 2.24) is 10.3 Å². The molecule has 24 heavy (non-hydrogen) atoms. The summed E-state index contributed by atoms with van der Waals surface area (Å²) in [5.74, 6) is -0.465. The molecule has 0 fully saturated rings. The van der Waals surface area contributed by atoms with Gasteiger partial charge in [0, 0.05) is 18.9 Å². The van der Waals surface area contributed by atoms with Gasteiger partial charge in [-0.05, 0) is 41.3 Å². The fourth-order valence-corrected chi connectivity index (χ4v) is 2.78. The molecular formula is C18H15N3O2S. The van der Waals surface area contributed by atoms with E-state index in [1.165, 1.54) is 11.3 Å². The summed E-state index contributed by atoms with van der Waals surface area (Å²) in [5, 5.41) is 7.48. The van der Waals surface area contributed by atoms with Gasteiger partial charge < -0.3 is 10.6 Å². The van der Waals surface area contributed by atoms with Crippen LogP contribution in [-0.4, -0.2) is 16.8 Å². The van der Waals surface area contributed by atoms with Gasteiger partial charge in [-0.25, -0.2) is 0 Å². The van der Waals surface area contributed by atoms with Crippen molar-refractivity contribution in [2.24, 2.45) is 0 Å². The van der Waals surface area contributed by atoms with Crippen molar-refractivity contribution in [3.63, 3.8) is 0 Å². The Morgan fingerprint density at radius 2 is 1.75 bits per heavy atom. The first-order chi connectivity index (χ1) is 11.7. The van der Waals surface area contributed by atoms with E-state index in [2.05, 4.69) is 15.6 Å². The predicted molar refractivity (Wildman–Crippen MR) is 94.1 cm³/mol. The first-order valence-corrected chi connectivity index (χ1v) is 8.23. The van der Waals surface area contributed by atoms with Crippen molar-refractivity contribution in [2.75, 3.05) is 5.32 Å². The summed E-state index contributed by atoms with van der Waals surface area (Å²) in [6.07, 6.45) is 3.35. The smallest absolute Gasteiger partial charge is 0.265 e. The van der Waals surface area contributed by atoms with E-state index in [-0.39, 0.29) is 11.8 Å². The molecule has 2 amide bonds. The molecule has 0 spiro atoms. The van der Waals surface area contributed by atoms with E-state index in [9.17, 15) is 9.59 Å². The molecule has 0 unspecified atom stereocenters. The van der Waals surface area contributed by atoms with Crippen LogP contribution in [0.4, 0.5) is 5.69 Å². The van der Waals surface area contributed by atoms with Crippen LogP contribution in [0.2, 0.25) is 0 Å². The van der Waals surface area contributed by atoms with Crippen molar-refractivity contribution in [1.29, 1.82) is 0 Å². The van der Waals surface area contributed by atoms with Crippen LogP contribution in [0.25, 0.3) is 0 Å². The summed E-state index contributed by atoms with van der Waals surface area (Å²) in [5.41, 5.74) is 1.87. The third kappa shape index (κ3) is 3.85. The van der Waals surface area contributed by atoms with E-state index < -0.39 is 0 Å². The van der Waals surface area contributed by atoms with E-state index in [0.717, 1.165) is 5.56 Å². The number of pyridine rings is 1. The summed E-state index contributed by atoms with van der Waals surface area (Å²) < 4.78 is 0. The standard InChI is InChI=1S/C18H15N3O2S/c22-17(20-12-13-7-9-19-10-8-13)14-4-1-2-5-15(14)21-18(23)16-6-3-11-24-16/h1-11H,12H2,(H,20,22)(H,21,23). The van der Waals surface area contributed by atoms with Gasteiger partial charge in [0.1, 0.15) is 0 Å². The second kappa shape index (κ2) is 7.52. The number of carbonyl (C=O) groups excluding carboxylic acids is 2. The van der Waals surface area contributed by atoms with Crippen LogP contribution in [0.15, 0.2) is 66.3 Å². The minimum atomic E-state index is -0.242. The zero-order valence-electron chi connectivity index (χ0n) is 12.7. The third-order valence-corrected chi connectivity index (χ3v) is 4.24. The number of hydrogen-bond acceptors (Lipinski definition) is 4. The molecule has 0 saturated heterocycles. The maximum absolute atomic E-state index is 12.4. The molecule has 0 atom stereocenters. The summed E-state index contributed by atoms with van der Waals surface area (Å²) in [6.45, 7) is 0.397. The van der Waals surface area contributed by atoms with E-state index >= 15 is 0 Å². The van der Waals surface area contributed by atoms with Crippen molar-refractivity contribution >= 4 is 28.8 Å². The van der Waals surface area contributed by atoms with Gasteiger partial charge in [0.2, 0.25) is 0 Å². The number of hydrogen-bond donors (Lipinski definition) is 2. The number of para-hydroxylation sites is 1. The Morgan fingerprint density at radius 1 is 0.958 bits per heavy atom. The molecular weight excluding hydrogens is 322 g/mol. The highest BCUT2D eigenvalue weighted by Gasteiger charge is 2.14. The lowest BCUT2D eigenvalue weighted by molar-refractivity contribution is 0.0952. The van der Waals surface area contributed by atoms with E-state index in [4.69, 9.17) is 0 Å². The lowest BCUT2D eigenvalue weighted by Crippen LogP contribution is -2.24. The number of nitrogens with one attached hydrogen (secondary N) is 2. The molecule has 2 aromatic heterocycles. The van der Waals surface area contributed by atoms with Gasteiger partial charge in [-0.3, -0.25) is 14.6 Å². The van der Waals surface area contributed by atoms with Gasteiger partial charge in [-0.2, -0.15) is 0 Å². The van der Waals surface area contributed by atoms with Gasteiger partial charge >= 0.3 is 0 Å². The van der Waals surface area contributed by atoms with Gasteiger partial charge in [0.15, 0.2) is 0 Å². The van der Waals surface area contributed by atoms with Gasteiger partial charge in [-0.15, -0.1) is 11.3 Å². The van der Waals surface area contributed by atoms with Crippen molar-refractivity contribution in [3.05, 3.63) is 82.3 Å². The Hall–Kier alpha value is -2.99. The highest BCUT2D eigenvalue weighted by Crippen LogP contribution is 2.18. The molecule has 3 aromatic rings. The van der Waals surface area contributed by atoms with Crippen LogP contribution in [0.5, 0.6) is 0 Å². The maximum atomic E-state index is 12.4. The van der Waals surface area contributed by atoms with Crippen molar-refractivity contribution in [3.8, 4) is 0 Å². The Bertz CT molecular complexity index is 832. The minimum Gasteiger partial charge on any atom is -0.348 e. The quantitative estimate of drug-likeness (QED) is 0.750. The SMILES string of the molecule is O=C(Nc1ccccc1C(=O)NCc1ccncc1)c1cccs1. The first-order valence-electron chi connectivity index (χ1n) is 7.35. The lowest BCUT2D eigenvalue weighted by Gasteiger charge is -2.11. The highest BCUT2D eigenvalue weighted by molar-refractivity contribution is 7.12. The molecule has 3 rings (SSSR count). The summed E-state index contributed by atoms with van der Waals surface area (Å²) in [7, 11) is 0. The van der Waals surface area contributed by atoms with Crippen LogP contribution >= 0.6 is 11.3 Å². The van der Waals surface area contributed by atoms with Crippen LogP contribution in [0.3, 0.4) is 0 Å². The zero-order chi connectivity index (χ0) is 16.8. The molecule has 0 aliphatic rings. The Morgan fingerprint density at radius 3 is 2.50 bits per heavy atom. The number of carbonyl (C=O) groups is 2. The number of thiophene rings is 1. The molecule has 120 valence electrons. The molecule has 2 N–H and O–H groups in total. The predicted octanol–water partition coefficient (Wildman–Crippen LogP) is 3.33. The maximum Gasteiger partial charge on any atom is 0.265 e. The summed E-state index contributed by atoms with van der Waals surface area (Å²) in [6, 6.07) is 14.2. The number of rotatable bonds is 5. The number of nitrogens with zero attached hydrogens (tertiary/aromatic N) is 1. The second-order valence-corrected chi connectivity index (χ2v) is 5.96. The summed E-state index contributed by atoms with van der Waals surface area (Å²) >= 11 is 1.35. The Kier molecular flexibility index (Phi) is 4.98. The van der Waals surface area contributed by atoms with Gasteiger partial charge in [0.25, 0.3) is 11.8 Å². The molecule has 1 aromatic carbocycles. The minimum absolute atomic E-state index is 0.223. The third-order valence-electron chi connectivity index (χ3n) is 3.37. The van der Waals surface area contributed by atoms with Crippen molar-refractivity contribution in [2.45, 2.75) is 6.54 Å². The lowest BCUT2D eigenvalue weighted by atomic mass is 10.1. The average molecular weight is 337 g/mol. The Balaban J connectivity index is 1.71. The van der Waals surface area contributed by atoms with Gasteiger partial charge in [-0.1, -0.05) is 18.2 Å². The fourth-order valence-electron chi connectivity index (χ4n) is 2.16. The average Bonchev–Trinajstić information content (AvgIpc) is 3.16. The second-order valence-electron chi connectivity index (χ2n) is 5.02. The van der Waals surface area contributed by atoms with E-state index in [0.29, 0.717) is 22.7 Å². The molecule has 6 heteroatoms. The van der Waals surface area contributed by atoms with Crippen LogP contribution in [-0.2, 0) is 6.54 Å². The van der Waals surface area contributed by atoms with Crippen molar-refractivity contribution < 1.29 is 9.59 Å². The van der Waals surface area contributed by atoms with Crippen LogP contribution in [0, 0.1) is 0 Å². The monoisotopic (exact) mass is 337 g/mol. The largest absolute Gasteiger partial charge is 0.348 e. The number of benzene rings is 1. The molecule has 0 radical (unpaired) electrons. The number of aromatic nitrogens is 1. The first kappa shape index (κ1) is 15.9. The zero-order valence-corrected chi connectivity index (χ0v) is 13.5. The number of anilines is 1. The van der Waals surface area contributed by atoms with Crippen LogP contribution in [0.1, 0.15) is 25.6 Å². The fraction of sp³-hybridized carbons (Fsp3) is 0.0556. The Labute approximate surface area is 143 Å². The molecule has 2 heterocycles. The topological polar surface area (TPSA) is 71.1 Å². The summed E-state index contributed by atoms with van der Waals surface area (Å²) in [4.78, 5) is 29.2. The van der Waals surface area contributed by atoms with Gasteiger partial charge in [0.05, 0.1) is 16.1 Å². The molecule has 0 aliphatic heterocycles.